The van der Waals surface area contributed by atoms with Gasteiger partial charge in [-0.15, -0.1) is 0 Å². The van der Waals surface area contributed by atoms with Crippen LogP contribution < -0.4 is 10.6 Å². The van der Waals surface area contributed by atoms with E-state index in [4.69, 9.17) is 0 Å². The number of aromatic nitrogens is 1. The van der Waals surface area contributed by atoms with Gasteiger partial charge in [0, 0.05) is 30.0 Å². The maximum Gasteiger partial charge on any atom is 0.315 e. The molecule has 0 saturated heterocycles. The van der Waals surface area contributed by atoms with Crippen LogP contribution >= 0.6 is 15.9 Å². The number of hydrogen-bond acceptors (Lipinski definition) is 2. The molecule has 76 valence electrons. The normalized spacial score (nSPS) is 9.57. The number of hydrogen-bond donors (Lipinski definition) is 2. The van der Waals surface area contributed by atoms with Crippen molar-refractivity contribution in [3.8, 4) is 0 Å². The molecule has 4 nitrogen and oxygen atoms in total. The molecule has 0 aliphatic rings. The van der Waals surface area contributed by atoms with Crippen LogP contribution in [0, 0.1) is 0 Å². The summed E-state index contributed by atoms with van der Waals surface area (Å²) in [4.78, 5) is 15.0. The van der Waals surface area contributed by atoms with Gasteiger partial charge in [-0.05, 0) is 34.5 Å². The topological polar surface area (TPSA) is 54.0 Å². The highest BCUT2D eigenvalue weighted by Crippen LogP contribution is 2.08. The zero-order valence-corrected chi connectivity index (χ0v) is 9.47. The lowest BCUT2D eigenvalue weighted by Crippen LogP contribution is -2.34. The Morgan fingerprint density at radius 3 is 2.93 bits per heavy atom. The van der Waals surface area contributed by atoms with Gasteiger partial charge < -0.3 is 10.6 Å². The van der Waals surface area contributed by atoms with Gasteiger partial charge in [0.15, 0.2) is 0 Å². The molecule has 2 amide bonds. The predicted octanol–water partition coefficient (Wildman–Crippen LogP) is 1.66. The van der Waals surface area contributed by atoms with Gasteiger partial charge in [0.2, 0.25) is 0 Å². The van der Waals surface area contributed by atoms with Crippen molar-refractivity contribution in [3.05, 3.63) is 28.5 Å². The van der Waals surface area contributed by atoms with Crippen LogP contribution in [0.25, 0.3) is 0 Å². The highest BCUT2D eigenvalue weighted by molar-refractivity contribution is 9.10. The SMILES string of the molecule is CCNC(=O)NCc1cncc(Br)c1. The van der Waals surface area contributed by atoms with Crippen molar-refractivity contribution in [1.29, 1.82) is 0 Å². The number of pyridine rings is 1. The molecule has 0 fully saturated rings. The first-order valence-corrected chi connectivity index (χ1v) is 5.12. The maximum atomic E-state index is 11.0. The minimum atomic E-state index is -0.160. The molecular weight excluding hydrogens is 246 g/mol. The highest BCUT2D eigenvalue weighted by Gasteiger charge is 1.98. The second kappa shape index (κ2) is 5.59. The molecule has 0 bridgehead atoms. The Kier molecular flexibility index (Phi) is 4.39. The Morgan fingerprint density at radius 1 is 1.50 bits per heavy atom. The quantitative estimate of drug-likeness (QED) is 0.866. The highest BCUT2D eigenvalue weighted by atomic mass is 79.9. The molecule has 1 aromatic rings. The van der Waals surface area contributed by atoms with E-state index in [1.165, 1.54) is 0 Å². The molecule has 2 N–H and O–H groups in total. The van der Waals surface area contributed by atoms with E-state index in [0.717, 1.165) is 10.0 Å². The third-order valence-corrected chi connectivity index (χ3v) is 1.99. The molecule has 1 heterocycles. The molecular formula is C9H12BrN3O. The zero-order valence-electron chi connectivity index (χ0n) is 7.88. The first-order chi connectivity index (χ1) is 6.72. The van der Waals surface area contributed by atoms with Crippen LogP contribution in [0.15, 0.2) is 22.9 Å². The number of urea groups is 1. The van der Waals surface area contributed by atoms with Gasteiger partial charge in [-0.2, -0.15) is 0 Å². The van der Waals surface area contributed by atoms with E-state index in [-0.39, 0.29) is 6.03 Å². The maximum absolute atomic E-state index is 11.0. The van der Waals surface area contributed by atoms with Crippen molar-refractivity contribution < 1.29 is 4.79 Å². The van der Waals surface area contributed by atoms with E-state index >= 15 is 0 Å². The van der Waals surface area contributed by atoms with Gasteiger partial charge in [0.25, 0.3) is 0 Å². The van der Waals surface area contributed by atoms with Crippen molar-refractivity contribution in [3.63, 3.8) is 0 Å². The van der Waals surface area contributed by atoms with Crippen LogP contribution in [0.3, 0.4) is 0 Å². The molecule has 0 aliphatic carbocycles. The monoisotopic (exact) mass is 257 g/mol. The number of rotatable bonds is 3. The van der Waals surface area contributed by atoms with Gasteiger partial charge >= 0.3 is 6.03 Å². The van der Waals surface area contributed by atoms with E-state index in [1.807, 2.05) is 13.0 Å². The minimum Gasteiger partial charge on any atom is -0.338 e. The lowest BCUT2D eigenvalue weighted by molar-refractivity contribution is 0.241. The van der Waals surface area contributed by atoms with Gasteiger partial charge in [-0.3, -0.25) is 4.98 Å². The number of carbonyl (C=O) groups excluding carboxylic acids is 1. The molecule has 0 aromatic carbocycles. The molecule has 0 radical (unpaired) electrons. The van der Waals surface area contributed by atoms with Crippen LogP contribution in [-0.2, 0) is 6.54 Å². The van der Waals surface area contributed by atoms with Crippen molar-refractivity contribution in [2.75, 3.05) is 6.54 Å². The van der Waals surface area contributed by atoms with Crippen molar-refractivity contribution in [1.82, 2.24) is 15.6 Å². The number of nitrogens with zero attached hydrogens (tertiary/aromatic N) is 1. The van der Waals surface area contributed by atoms with Gasteiger partial charge in [0.1, 0.15) is 0 Å². The molecule has 5 heteroatoms. The van der Waals surface area contributed by atoms with Crippen LogP contribution in [0.1, 0.15) is 12.5 Å². The summed E-state index contributed by atoms with van der Waals surface area (Å²) in [6, 6.07) is 1.76. The summed E-state index contributed by atoms with van der Waals surface area (Å²) in [6.07, 6.45) is 3.42. The van der Waals surface area contributed by atoms with Crippen LogP contribution in [-0.4, -0.2) is 17.6 Å². The van der Waals surface area contributed by atoms with Crippen LogP contribution in [0.5, 0.6) is 0 Å². The standard InChI is InChI=1S/C9H12BrN3O/c1-2-12-9(14)13-5-7-3-8(10)6-11-4-7/h3-4,6H,2,5H2,1H3,(H2,12,13,14). The molecule has 0 atom stereocenters. The van der Waals surface area contributed by atoms with E-state index in [1.54, 1.807) is 12.4 Å². The van der Waals surface area contributed by atoms with Crippen molar-refractivity contribution in [2.45, 2.75) is 13.5 Å². The summed E-state index contributed by atoms with van der Waals surface area (Å²) >= 11 is 3.31. The summed E-state index contributed by atoms with van der Waals surface area (Å²) in [5, 5.41) is 5.36. The summed E-state index contributed by atoms with van der Waals surface area (Å²) < 4.78 is 0.910. The second-order valence-electron chi connectivity index (χ2n) is 2.72. The fourth-order valence-electron chi connectivity index (χ4n) is 0.958. The number of halogens is 1. The molecule has 1 aromatic heterocycles. The summed E-state index contributed by atoms with van der Waals surface area (Å²) in [5.41, 5.74) is 0.964. The summed E-state index contributed by atoms with van der Waals surface area (Å²) in [6.45, 7) is 2.99. The fourth-order valence-corrected chi connectivity index (χ4v) is 1.37. The molecule has 1 rings (SSSR count). The van der Waals surface area contributed by atoms with Crippen molar-refractivity contribution in [2.24, 2.45) is 0 Å². The molecule has 0 aliphatic heterocycles. The van der Waals surface area contributed by atoms with Gasteiger partial charge in [-0.1, -0.05) is 0 Å². The average molecular weight is 258 g/mol. The lowest BCUT2D eigenvalue weighted by atomic mass is 10.3. The molecule has 0 saturated carbocycles. The minimum absolute atomic E-state index is 0.160. The Bertz CT molecular complexity index is 317. The smallest absolute Gasteiger partial charge is 0.315 e. The second-order valence-corrected chi connectivity index (χ2v) is 3.64. The van der Waals surface area contributed by atoms with E-state index in [9.17, 15) is 4.79 Å². The molecule has 0 spiro atoms. The van der Waals surface area contributed by atoms with Gasteiger partial charge in [0.05, 0.1) is 0 Å². The number of amides is 2. The average Bonchev–Trinajstić information content (AvgIpc) is 2.15. The largest absolute Gasteiger partial charge is 0.338 e. The van der Waals surface area contributed by atoms with Crippen LogP contribution in [0.2, 0.25) is 0 Å². The molecule has 0 unspecified atom stereocenters. The van der Waals surface area contributed by atoms with Gasteiger partial charge in [-0.25, -0.2) is 4.79 Å². The zero-order chi connectivity index (χ0) is 10.4. The number of nitrogens with one attached hydrogen (secondary N) is 2. The third kappa shape index (κ3) is 3.74. The molecule has 14 heavy (non-hydrogen) atoms. The third-order valence-electron chi connectivity index (χ3n) is 1.55. The lowest BCUT2D eigenvalue weighted by Gasteiger charge is -2.05. The Morgan fingerprint density at radius 2 is 2.29 bits per heavy atom. The Balaban J connectivity index is 2.41. The summed E-state index contributed by atoms with van der Waals surface area (Å²) in [7, 11) is 0. The first kappa shape index (κ1) is 11.0. The van der Waals surface area contributed by atoms with Crippen molar-refractivity contribution >= 4 is 22.0 Å². The predicted molar refractivity (Wildman–Crippen MR) is 57.8 cm³/mol. The Hall–Kier alpha value is -1.10. The van der Waals surface area contributed by atoms with Crippen LogP contribution in [0.4, 0.5) is 4.79 Å². The Labute approximate surface area is 91.2 Å². The first-order valence-electron chi connectivity index (χ1n) is 4.33. The van der Waals surface area contributed by atoms with E-state index in [2.05, 4.69) is 31.5 Å². The summed E-state index contributed by atoms with van der Waals surface area (Å²) in [5.74, 6) is 0. The van der Waals surface area contributed by atoms with E-state index < -0.39 is 0 Å². The number of carbonyl (C=O) groups is 1. The fraction of sp³-hybridized carbons (Fsp3) is 0.333. The van der Waals surface area contributed by atoms with E-state index in [0.29, 0.717) is 13.1 Å².